The fourth-order valence-electron chi connectivity index (χ4n) is 0.864. The van der Waals surface area contributed by atoms with E-state index in [0.29, 0.717) is 19.1 Å². The minimum atomic E-state index is 0.0624. The highest BCUT2D eigenvalue weighted by molar-refractivity contribution is 5.77. The first-order valence-corrected chi connectivity index (χ1v) is 4.87. The summed E-state index contributed by atoms with van der Waals surface area (Å²) in [4.78, 5) is 11.0. The Hall–Kier alpha value is -0.610. The quantitative estimate of drug-likeness (QED) is 0.480. The summed E-state index contributed by atoms with van der Waals surface area (Å²) in [5, 5.41) is 9.00. The smallest absolute Gasteiger partial charge is 0.234 e. The molecule has 78 valence electrons. The van der Waals surface area contributed by atoms with Crippen LogP contribution in [0.4, 0.5) is 0 Å². The molecular formula is C9H21N3O. The molecule has 0 spiro atoms. The molecule has 0 heterocycles. The van der Waals surface area contributed by atoms with E-state index in [1.807, 2.05) is 6.92 Å². The predicted molar refractivity (Wildman–Crippen MR) is 54.7 cm³/mol. The summed E-state index contributed by atoms with van der Waals surface area (Å²) in [6, 6.07) is 0.477. The Kier molecular flexibility index (Phi) is 7.63. The molecule has 0 bridgehead atoms. The fraction of sp³-hybridized carbons (Fsp3) is 0.889. The second-order valence-electron chi connectivity index (χ2n) is 3.24. The minimum Gasteiger partial charge on any atom is -0.354 e. The lowest BCUT2D eigenvalue weighted by Gasteiger charge is -2.08. The van der Waals surface area contributed by atoms with Crippen LogP contribution in [0.1, 0.15) is 20.8 Å². The molecule has 0 fully saturated rings. The van der Waals surface area contributed by atoms with Crippen molar-refractivity contribution < 1.29 is 4.79 Å². The van der Waals surface area contributed by atoms with Crippen LogP contribution in [0.15, 0.2) is 0 Å². The maximum absolute atomic E-state index is 11.0. The summed E-state index contributed by atoms with van der Waals surface area (Å²) in [6.45, 7) is 8.92. The van der Waals surface area contributed by atoms with Crippen molar-refractivity contribution >= 4 is 5.91 Å². The summed E-state index contributed by atoms with van der Waals surface area (Å²) in [5.74, 6) is 0.0624. The van der Waals surface area contributed by atoms with Crippen molar-refractivity contribution in [1.82, 2.24) is 16.0 Å². The predicted octanol–water partition coefficient (Wildman–Crippen LogP) is -0.290. The van der Waals surface area contributed by atoms with Crippen molar-refractivity contribution in [2.45, 2.75) is 26.8 Å². The van der Waals surface area contributed by atoms with E-state index < -0.39 is 0 Å². The van der Waals surface area contributed by atoms with Gasteiger partial charge in [0.15, 0.2) is 0 Å². The van der Waals surface area contributed by atoms with Gasteiger partial charge in [-0.2, -0.15) is 0 Å². The molecule has 0 aliphatic carbocycles. The van der Waals surface area contributed by atoms with Crippen LogP contribution in [0.2, 0.25) is 0 Å². The summed E-state index contributed by atoms with van der Waals surface area (Å²) in [6.07, 6.45) is 0. The molecule has 4 nitrogen and oxygen atoms in total. The van der Waals surface area contributed by atoms with Gasteiger partial charge in [0.25, 0.3) is 0 Å². The van der Waals surface area contributed by atoms with Gasteiger partial charge in [-0.3, -0.25) is 4.79 Å². The number of hydrogen-bond acceptors (Lipinski definition) is 3. The lowest BCUT2D eigenvalue weighted by Crippen LogP contribution is -2.38. The summed E-state index contributed by atoms with van der Waals surface area (Å²) in [5.41, 5.74) is 0. The van der Waals surface area contributed by atoms with E-state index in [1.54, 1.807) is 0 Å². The van der Waals surface area contributed by atoms with Crippen LogP contribution < -0.4 is 16.0 Å². The molecule has 0 atom stereocenters. The van der Waals surface area contributed by atoms with Crippen molar-refractivity contribution in [2.24, 2.45) is 0 Å². The molecule has 4 heteroatoms. The molecule has 0 unspecified atom stereocenters. The molecule has 0 saturated heterocycles. The Morgan fingerprint density at radius 2 is 2.00 bits per heavy atom. The normalized spacial score (nSPS) is 10.5. The molecule has 0 aromatic rings. The van der Waals surface area contributed by atoms with Gasteiger partial charge >= 0.3 is 0 Å². The van der Waals surface area contributed by atoms with Gasteiger partial charge in [0.05, 0.1) is 6.54 Å². The van der Waals surface area contributed by atoms with Crippen LogP contribution in [-0.2, 0) is 4.79 Å². The zero-order valence-corrected chi connectivity index (χ0v) is 8.81. The van der Waals surface area contributed by atoms with Gasteiger partial charge in [-0.1, -0.05) is 20.8 Å². The van der Waals surface area contributed by atoms with Crippen LogP contribution in [0, 0.1) is 0 Å². The molecule has 0 rings (SSSR count). The van der Waals surface area contributed by atoms with Crippen molar-refractivity contribution in [2.75, 3.05) is 26.2 Å². The molecule has 0 radical (unpaired) electrons. The third kappa shape index (κ3) is 9.30. The van der Waals surface area contributed by atoms with Gasteiger partial charge in [0.2, 0.25) is 5.91 Å². The molecule has 0 aliphatic heterocycles. The number of rotatable bonds is 7. The number of carbonyl (C=O) groups excluding carboxylic acids is 1. The Balaban J connectivity index is 3.17. The maximum Gasteiger partial charge on any atom is 0.234 e. The van der Waals surface area contributed by atoms with Gasteiger partial charge in [0.1, 0.15) is 0 Å². The highest BCUT2D eigenvalue weighted by Crippen LogP contribution is 1.73. The molecule has 3 N–H and O–H groups in total. The van der Waals surface area contributed by atoms with E-state index in [4.69, 9.17) is 0 Å². The largest absolute Gasteiger partial charge is 0.354 e. The average molecular weight is 187 g/mol. The van der Waals surface area contributed by atoms with E-state index in [-0.39, 0.29) is 5.91 Å². The average Bonchev–Trinajstić information content (AvgIpc) is 2.08. The van der Waals surface area contributed by atoms with Crippen molar-refractivity contribution in [3.63, 3.8) is 0 Å². The number of likely N-dealkylation sites (N-methyl/N-ethyl adjacent to an activating group) is 1. The Labute approximate surface area is 80.5 Å². The number of nitrogens with one attached hydrogen (secondary N) is 3. The van der Waals surface area contributed by atoms with Gasteiger partial charge in [-0.25, -0.2) is 0 Å². The highest BCUT2D eigenvalue weighted by atomic mass is 16.1. The second-order valence-corrected chi connectivity index (χ2v) is 3.24. The lowest BCUT2D eigenvalue weighted by atomic mass is 10.4. The van der Waals surface area contributed by atoms with E-state index in [0.717, 1.165) is 13.1 Å². The number of hydrogen-bond donors (Lipinski definition) is 3. The lowest BCUT2D eigenvalue weighted by molar-refractivity contribution is -0.120. The van der Waals surface area contributed by atoms with E-state index in [1.165, 1.54) is 0 Å². The molecular weight excluding hydrogens is 166 g/mol. The van der Waals surface area contributed by atoms with Crippen molar-refractivity contribution in [3.8, 4) is 0 Å². The van der Waals surface area contributed by atoms with Crippen LogP contribution in [0.3, 0.4) is 0 Å². The summed E-state index contributed by atoms with van der Waals surface area (Å²) in [7, 11) is 0. The third-order valence-corrected chi connectivity index (χ3v) is 1.54. The highest BCUT2D eigenvalue weighted by Gasteiger charge is 1.97. The van der Waals surface area contributed by atoms with Gasteiger partial charge < -0.3 is 16.0 Å². The molecule has 0 aromatic carbocycles. The molecule has 1 amide bonds. The van der Waals surface area contributed by atoms with E-state index in [9.17, 15) is 4.79 Å². The van der Waals surface area contributed by atoms with Gasteiger partial charge in [0, 0.05) is 19.1 Å². The molecule has 0 saturated carbocycles. The molecule has 13 heavy (non-hydrogen) atoms. The Morgan fingerprint density at radius 3 is 2.54 bits per heavy atom. The Morgan fingerprint density at radius 1 is 1.31 bits per heavy atom. The summed E-state index contributed by atoms with van der Waals surface area (Å²) >= 11 is 0. The van der Waals surface area contributed by atoms with Gasteiger partial charge in [-0.05, 0) is 6.54 Å². The van der Waals surface area contributed by atoms with E-state index >= 15 is 0 Å². The monoisotopic (exact) mass is 187 g/mol. The topological polar surface area (TPSA) is 53.2 Å². The first-order chi connectivity index (χ1) is 6.16. The second kappa shape index (κ2) is 8.01. The van der Waals surface area contributed by atoms with Crippen LogP contribution in [0.25, 0.3) is 0 Å². The van der Waals surface area contributed by atoms with Crippen LogP contribution in [-0.4, -0.2) is 38.1 Å². The SMILES string of the molecule is CCNCC(=O)NCCNC(C)C. The van der Waals surface area contributed by atoms with Crippen molar-refractivity contribution in [3.05, 3.63) is 0 Å². The number of carbonyl (C=O) groups is 1. The molecule has 0 aromatic heterocycles. The fourth-order valence-corrected chi connectivity index (χ4v) is 0.864. The third-order valence-electron chi connectivity index (χ3n) is 1.54. The molecule has 0 aliphatic rings. The first-order valence-electron chi connectivity index (χ1n) is 4.87. The standard InChI is InChI=1S/C9H21N3O/c1-4-10-7-9(13)12-6-5-11-8(2)3/h8,10-11H,4-7H2,1-3H3,(H,12,13). The first kappa shape index (κ1) is 12.4. The van der Waals surface area contributed by atoms with E-state index in [2.05, 4.69) is 29.8 Å². The van der Waals surface area contributed by atoms with Crippen LogP contribution in [0.5, 0.6) is 0 Å². The Bertz CT molecular complexity index is 137. The summed E-state index contributed by atoms with van der Waals surface area (Å²) < 4.78 is 0. The minimum absolute atomic E-state index is 0.0624. The zero-order valence-electron chi connectivity index (χ0n) is 8.81. The van der Waals surface area contributed by atoms with Gasteiger partial charge in [-0.15, -0.1) is 0 Å². The zero-order chi connectivity index (χ0) is 10.1. The van der Waals surface area contributed by atoms with Crippen LogP contribution >= 0.6 is 0 Å². The number of amides is 1. The van der Waals surface area contributed by atoms with Crippen molar-refractivity contribution in [1.29, 1.82) is 0 Å². The maximum atomic E-state index is 11.0.